The molecule has 0 aliphatic carbocycles. The van der Waals surface area contributed by atoms with Crippen molar-refractivity contribution in [2.75, 3.05) is 6.61 Å². The van der Waals surface area contributed by atoms with Gasteiger partial charge in [-0.15, -0.1) is 0 Å². The van der Waals surface area contributed by atoms with Crippen molar-refractivity contribution in [2.45, 2.75) is 63.3 Å². The van der Waals surface area contributed by atoms with Crippen LogP contribution in [0.2, 0.25) is 0 Å². The Labute approximate surface area is 237 Å². The van der Waals surface area contributed by atoms with Crippen molar-refractivity contribution in [3.05, 3.63) is 52.8 Å². The number of ether oxygens (including phenoxy) is 2. The summed E-state index contributed by atoms with van der Waals surface area (Å²) in [6.07, 6.45) is -5.27. The Morgan fingerprint density at radius 1 is 1.38 bits per heavy atom. The fourth-order valence-corrected chi connectivity index (χ4v) is 5.59. The van der Waals surface area contributed by atoms with E-state index in [0.717, 1.165) is 6.33 Å². The molecule has 0 radical (unpaired) electrons. The normalized spacial score (nSPS) is 25.1. The summed E-state index contributed by atoms with van der Waals surface area (Å²) in [5, 5.41) is 16.3. The number of para-hydroxylation sites is 1. The van der Waals surface area contributed by atoms with E-state index < -0.39 is 62.2 Å². The Bertz CT molecular complexity index is 1480. The van der Waals surface area contributed by atoms with Gasteiger partial charge in [0, 0.05) is 4.91 Å². The Morgan fingerprint density at radius 2 is 2.07 bits per heavy atom. The van der Waals surface area contributed by atoms with E-state index in [1.165, 1.54) is 19.1 Å². The third-order valence-electron chi connectivity index (χ3n) is 5.99. The van der Waals surface area contributed by atoms with Gasteiger partial charge in [0.2, 0.25) is 12.0 Å². The Morgan fingerprint density at radius 3 is 2.71 bits per heavy atom. The summed E-state index contributed by atoms with van der Waals surface area (Å²) < 4.78 is 66.9. The van der Waals surface area contributed by atoms with Gasteiger partial charge in [-0.25, -0.2) is 14.5 Å². The molecule has 2 aliphatic heterocycles. The number of rotatable bonds is 11. The van der Waals surface area contributed by atoms with Crippen molar-refractivity contribution in [1.82, 2.24) is 14.6 Å². The van der Waals surface area contributed by atoms with Crippen LogP contribution in [0.5, 0.6) is 5.75 Å². The fraction of sp³-hybridized carbons (Fsp3) is 0.478. The standard InChI is InChI=1S/C23H27F2N8O8P/c1-12(2)39-19(35)13(3)30-42(37,41-14-7-5-4-6-8-14)38-10-22(31-32-27)20(36)23(24,25)21(40-22)33-11-28-17-15(34)9-16(26)29-18(17)33/h4-8,11-13,20-21,36H,9-10H2,1-3H3,(H2,26,29)(H,30,37)/t13?,20-,21-,22-,42?/m1/s1. The number of aliphatic imine (C=N–C) groups is 1. The van der Waals surface area contributed by atoms with Crippen molar-refractivity contribution < 1.29 is 46.6 Å². The van der Waals surface area contributed by atoms with Crippen LogP contribution in [0.25, 0.3) is 10.4 Å². The van der Waals surface area contributed by atoms with E-state index in [0.29, 0.717) is 4.57 Å². The highest BCUT2D eigenvalue weighted by Crippen LogP contribution is 2.53. The number of imidazole rings is 1. The lowest BCUT2D eigenvalue weighted by Crippen LogP contribution is -2.48. The topological polar surface area (TPSA) is 225 Å². The van der Waals surface area contributed by atoms with Crippen LogP contribution in [0, 0.1) is 0 Å². The number of aromatic nitrogens is 2. The van der Waals surface area contributed by atoms with Gasteiger partial charge < -0.3 is 24.8 Å². The second kappa shape index (κ2) is 11.8. The molecule has 0 bridgehead atoms. The van der Waals surface area contributed by atoms with Crippen LogP contribution in [-0.2, 0) is 23.4 Å². The van der Waals surface area contributed by atoms with Crippen molar-refractivity contribution in [2.24, 2.45) is 15.8 Å². The van der Waals surface area contributed by atoms with Crippen LogP contribution in [0.3, 0.4) is 0 Å². The van der Waals surface area contributed by atoms with E-state index in [2.05, 4.69) is 25.1 Å². The molecular formula is C23H27F2N8O8P. The minimum absolute atomic E-state index is 0.00292. The largest absolute Gasteiger partial charge is 0.462 e. The molecule has 1 aromatic carbocycles. The number of esters is 1. The quantitative estimate of drug-likeness (QED) is 0.110. The molecule has 0 saturated carbocycles. The lowest BCUT2D eigenvalue weighted by Gasteiger charge is -2.29. The first-order valence-corrected chi connectivity index (χ1v) is 14.0. The molecule has 19 heteroatoms. The first-order valence-electron chi connectivity index (χ1n) is 12.4. The maximum atomic E-state index is 15.5. The van der Waals surface area contributed by atoms with Crippen LogP contribution in [-0.4, -0.2) is 68.7 Å². The predicted octanol–water partition coefficient (Wildman–Crippen LogP) is 3.12. The van der Waals surface area contributed by atoms with E-state index in [9.17, 15) is 24.8 Å². The molecule has 1 fully saturated rings. The number of fused-ring (bicyclic) bond motifs is 1. The average Bonchev–Trinajstić information content (AvgIpc) is 3.41. The van der Waals surface area contributed by atoms with Crippen molar-refractivity contribution >= 4 is 31.2 Å². The molecule has 1 saturated heterocycles. The second-order valence-electron chi connectivity index (χ2n) is 9.62. The molecule has 4 rings (SSSR count). The summed E-state index contributed by atoms with van der Waals surface area (Å²) in [6.45, 7) is 3.22. The van der Waals surface area contributed by atoms with Gasteiger partial charge in [0.25, 0.3) is 0 Å². The number of hydrogen-bond donors (Lipinski definition) is 3. The zero-order valence-corrected chi connectivity index (χ0v) is 23.4. The van der Waals surface area contributed by atoms with Crippen LogP contribution in [0.15, 0.2) is 46.8 Å². The third-order valence-corrected chi connectivity index (χ3v) is 7.62. The van der Waals surface area contributed by atoms with Crippen LogP contribution in [0.4, 0.5) is 14.6 Å². The van der Waals surface area contributed by atoms with Gasteiger partial charge in [0.05, 0.1) is 25.5 Å². The Kier molecular flexibility index (Phi) is 8.68. The highest BCUT2D eigenvalue weighted by molar-refractivity contribution is 7.52. The zero-order chi connectivity index (χ0) is 30.9. The molecule has 2 aromatic rings. The highest BCUT2D eigenvalue weighted by Gasteiger charge is 2.68. The molecule has 2 aliphatic rings. The van der Waals surface area contributed by atoms with Gasteiger partial charge in [-0.2, -0.15) is 13.9 Å². The van der Waals surface area contributed by atoms with Gasteiger partial charge in [-0.3, -0.25) is 18.7 Å². The molecule has 16 nitrogen and oxygen atoms in total. The lowest BCUT2D eigenvalue weighted by atomic mass is 10.1. The van der Waals surface area contributed by atoms with E-state index in [1.807, 2.05) is 0 Å². The number of nitrogens with two attached hydrogens (primary N) is 1. The first kappa shape index (κ1) is 31.0. The van der Waals surface area contributed by atoms with Gasteiger partial charge in [0.15, 0.2) is 23.4 Å². The molecule has 4 N–H and O–H groups in total. The smallest absolute Gasteiger partial charge is 0.459 e. The van der Waals surface area contributed by atoms with E-state index in [-0.39, 0.29) is 29.5 Å². The van der Waals surface area contributed by atoms with Crippen molar-refractivity contribution in [3.63, 3.8) is 0 Å². The second-order valence-corrected chi connectivity index (χ2v) is 11.3. The number of benzene rings is 1. The van der Waals surface area contributed by atoms with Crippen molar-refractivity contribution in [1.29, 1.82) is 0 Å². The van der Waals surface area contributed by atoms with Gasteiger partial charge in [0.1, 0.15) is 17.6 Å². The lowest BCUT2D eigenvalue weighted by molar-refractivity contribution is -0.149. The third kappa shape index (κ3) is 6.13. The van der Waals surface area contributed by atoms with Crippen LogP contribution < -0.4 is 15.3 Å². The SMILES string of the molecule is CC(C)OC(=O)C(C)NP(=O)(OC[C@@]1(N=[N+]=[N-])O[C@@H](n2cnc3c2N=C(N)CC3=O)C(F)(F)[C@@H]1O)Oc1ccccc1. The maximum Gasteiger partial charge on any atom is 0.459 e. The number of aliphatic hydroxyl groups is 1. The Hall–Kier alpha value is -3.92. The molecule has 0 amide bonds. The van der Waals surface area contributed by atoms with E-state index in [1.54, 1.807) is 32.0 Å². The minimum atomic E-state index is -4.67. The first-order chi connectivity index (χ1) is 19.7. The predicted molar refractivity (Wildman–Crippen MR) is 140 cm³/mol. The van der Waals surface area contributed by atoms with E-state index in [4.69, 9.17) is 24.3 Å². The highest BCUT2D eigenvalue weighted by atomic mass is 31.2. The maximum absolute atomic E-state index is 15.5. The number of amidine groups is 1. The monoisotopic (exact) mass is 612 g/mol. The molecule has 2 unspecified atom stereocenters. The summed E-state index contributed by atoms with van der Waals surface area (Å²) in [7, 11) is -4.67. The van der Waals surface area contributed by atoms with Gasteiger partial charge >= 0.3 is 19.6 Å². The summed E-state index contributed by atoms with van der Waals surface area (Å²) in [6, 6.07) is 6.23. The summed E-state index contributed by atoms with van der Waals surface area (Å²) >= 11 is 0. The minimum Gasteiger partial charge on any atom is -0.462 e. The molecule has 0 spiro atoms. The summed E-state index contributed by atoms with van der Waals surface area (Å²) in [5.41, 5.74) is 11.7. The molecular weight excluding hydrogens is 585 g/mol. The van der Waals surface area contributed by atoms with Gasteiger partial charge in [-0.05, 0) is 38.4 Å². The number of halogens is 2. The number of carbonyl (C=O) groups excluding carboxylic acids is 2. The number of alkyl halides is 2. The van der Waals surface area contributed by atoms with Gasteiger partial charge in [-0.1, -0.05) is 23.3 Å². The Balaban J connectivity index is 1.66. The molecule has 5 atom stereocenters. The number of azide groups is 1. The molecule has 1 aromatic heterocycles. The van der Waals surface area contributed by atoms with Crippen LogP contribution in [0.1, 0.15) is 43.9 Å². The number of Topliss-reactive ketones (excluding diaryl/α,β-unsaturated/α-hetero) is 1. The molecule has 226 valence electrons. The number of ketones is 1. The number of hydrogen-bond acceptors (Lipinski definition) is 12. The number of nitrogens with zero attached hydrogens (tertiary/aromatic N) is 6. The average molecular weight is 612 g/mol. The van der Waals surface area contributed by atoms with Crippen molar-refractivity contribution in [3.8, 4) is 5.75 Å². The fourth-order valence-electron chi connectivity index (χ4n) is 4.08. The summed E-state index contributed by atoms with van der Waals surface area (Å²) in [4.78, 5) is 34.9. The van der Waals surface area contributed by atoms with Crippen LogP contribution >= 0.6 is 7.75 Å². The van der Waals surface area contributed by atoms with E-state index >= 15 is 8.78 Å². The number of carbonyl (C=O) groups is 2. The number of nitrogens with one attached hydrogen (secondary N) is 1. The summed E-state index contributed by atoms with van der Waals surface area (Å²) in [5.74, 6) is -6.16. The molecule has 3 heterocycles. The zero-order valence-electron chi connectivity index (χ0n) is 22.5. The molecule has 42 heavy (non-hydrogen) atoms. The number of aliphatic hydroxyl groups excluding tert-OH is 1.